The minimum Gasteiger partial charge on any atom is -0.477 e. The molecular formula is C29H29ClN10O8. The Morgan fingerprint density at radius 3 is 2.60 bits per heavy atom. The molecule has 18 nitrogen and oxygen atoms in total. The molecule has 1 aliphatic carbocycles. The van der Waals surface area contributed by atoms with E-state index in [0.717, 1.165) is 29.0 Å². The molecule has 0 radical (unpaired) electrons. The van der Waals surface area contributed by atoms with Gasteiger partial charge in [-0.15, -0.1) is 17.5 Å². The maximum absolute atomic E-state index is 12.6. The average molecular weight is 681 g/mol. The van der Waals surface area contributed by atoms with E-state index >= 15 is 0 Å². The summed E-state index contributed by atoms with van der Waals surface area (Å²) in [5, 5.41) is 22.7. The van der Waals surface area contributed by atoms with Crippen molar-refractivity contribution in [2.45, 2.75) is 32.9 Å². The van der Waals surface area contributed by atoms with Crippen LogP contribution in [-0.2, 0) is 20.0 Å². The van der Waals surface area contributed by atoms with Crippen LogP contribution in [0.2, 0.25) is 0 Å². The van der Waals surface area contributed by atoms with Gasteiger partial charge in [-0.1, -0.05) is 36.0 Å². The third-order valence-electron chi connectivity index (χ3n) is 7.35. The lowest BCUT2D eigenvalue weighted by Gasteiger charge is -2.07. The lowest BCUT2D eigenvalue weighted by Crippen LogP contribution is -2.25. The van der Waals surface area contributed by atoms with Crippen molar-refractivity contribution < 1.29 is 28.4 Å². The van der Waals surface area contributed by atoms with E-state index in [1.807, 2.05) is 18.2 Å². The van der Waals surface area contributed by atoms with Crippen molar-refractivity contribution in [3.8, 4) is 11.4 Å². The van der Waals surface area contributed by atoms with E-state index in [1.54, 1.807) is 25.2 Å². The predicted octanol–water partition coefficient (Wildman–Crippen LogP) is 1.33. The number of amides is 2. The molecule has 0 unspecified atom stereocenters. The molecule has 0 saturated carbocycles. The normalized spacial score (nSPS) is 13.2. The number of primary amides is 1. The van der Waals surface area contributed by atoms with Gasteiger partial charge in [0.15, 0.2) is 28.4 Å². The number of rotatable bonds is 6. The lowest BCUT2D eigenvalue weighted by molar-refractivity contribution is 0.0686. The Balaban J connectivity index is 0.000000244. The molecule has 19 heteroatoms. The lowest BCUT2D eigenvalue weighted by atomic mass is 10.0. The second-order valence-corrected chi connectivity index (χ2v) is 10.3. The van der Waals surface area contributed by atoms with Crippen LogP contribution in [0.5, 0.6) is 0 Å². The van der Waals surface area contributed by atoms with Crippen LogP contribution in [0.25, 0.3) is 28.1 Å². The van der Waals surface area contributed by atoms with E-state index < -0.39 is 35.0 Å². The number of aryl methyl sites for hydroxylation is 2. The van der Waals surface area contributed by atoms with E-state index in [2.05, 4.69) is 35.3 Å². The first-order valence-electron chi connectivity index (χ1n) is 13.6. The number of nitrogens with zero attached hydrogens (tertiary/aromatic N) is 6. The van der Waals surface area contributed by atoms with Gasteiger partial charge in [0.2, 0.25) is 0 Å². The van der Waals surface area contributed by atoms with Gasteiger partial charge in [0.25, 0.3) is 11.8 Å². The molecule has 1 atom stereocenters. The van der Waals surface area contributed by atoms with E-state index in [4.69, 9.17) is 15.9 Å². The van der Waals surface area contributed by atoms with Crippen molar-refractivity contribution in [2.75, 3.05) is 0 Å². The first-order chi connectivity index (χ1) is 22.0. The number of fused-ring (bicyclic) bond motifs is 3. The third kappa shape index (κ3) is 6.55. The summed E-state index contributed by atoms with van der Waals surface area (Å²) < 4.78 is 11.7. The average Bonchev–Trinajstić information content (AvgIpc) is 3.82. The Bertz CT molecular complexity index is 2300. The van der Waals surface area contributed by atoms with Crippen LogP contribution in [0.15, 0.2) is 61.0 Å². The summed E-state index contributed by atoms with van der Waals surface area (Å²) in [6.45, 7) is 0.0591. The highest BCUT2D eigenvalue weighted by Crippen LogP contribution is 2.31. The molecule has 0 aliphatic heterocycles. The Morgan fingerprint density at radius 2 is 1.92 bits per heavy atom. The Kier molecular flexibility index (Phi) is 9.91. The van der Waals surface area contributed by atoms with Crippen molar-refractivity contribution in [3.63, 3.8) is 0 Å². The number of oxazole rings is 1. The first kappa shape index (κ1) is 34.7. The minimum absolute atomic E-state index is 0. The van der Waals surface area contributed by atoms with Crippen LogP contribution >= 0.6 is 12.4 Å². The summed E-state index contributed by atoms with van der Waals surface area (Å²) in [4.78, 5) is 64.5. The van der Waals surface area contributed by atoms with E-state index in [0.29, 0.717) is 22.5 Å². The summed E-state index contributed by atoms with van der Waals surface area (Å²) in [5.41, 5.74) is 14.8. The van der Waals surface area contributed by atoms with Crippen molar-refractivity contribution in [3.05, 3.63) is 97.3 Å². The number of aromatic nitrogens is 7. The number of carboxylic acids is 1. The fraction of sp³-hybridized carbons (Fsp3) is 0.207. The van der Waals surface area contributed by atoms with Gasteiger partial charge in [0.05, 0.1) is 5.52 Å². The zero-order valence-electron chi connectivity index (χ0n) is 24.3. The molecule has 0 fully saturated rings. The van der Waals surface area contributed by atoms with Crippen molar-refractivity contribution in [1.82, 2.24) is 39.8 Å². The highest BCUT2D eigenvalue weighted by Gasteiger charge is 2.23. The summed E-state index contributed by atoms with van der Waals surface area (Å²) in [5.74, 6) is -3.64. The molecule has 48 heavy (non-hydrogen) atoms. The number of carbonyl (C=O) groups excluding carboxylic acids is 2. The number of nitrogens with two attached hydrogens (primary N) is 2. The van der Waals surface area contributed by atoms with Crippen LogP contribution in [0.4, 0.5) is 0 Å². The maximum atomic E-state index is 12.6. The van der Waals surface area contributed by atoms with E-state index in [1.165, 1.54) is 15.7 Å². The zero-order valence-corrected chi connectivity index (χ0v) is 25.1. The number of hydrogen-bond acceptors (Lipinski definition) is 12. The topological polar surface area (TPSA) is 273 Å². The number of aromatic amines is 1. The number of halogens is 1. The fourth-order valence-corrected chi connectivity index (χ4v) is 5.01. The van der Waals surface area contributed by atoms with Crippen molar-refractivity contribution in [1.29, 1.82) is 0 Å². The second-order valence-electron chi connectivity index (χ2n) is 10.3. The quantitative estimate of drug-likeness (QED) is 0.166. The number of benzene rings is 2. The third-order valence-corrected chi connectivity index (χ3v) is 7.35. The molecule has 6 aromatic rings. The van der Waals surface area contributed by atoms with Crippen LogP contribution in [-0.4, -0.2) is 57.4 Å². The summed E-state index contributed by atoms with van der Waals surface area (Å²) in [7, 11) is 1.55. The number of H-pyrrole nitrogens is 1. The van der Waals surface area contributed by atoms with Gasteiger partial charge < -0.3 is 26.3 Å². The molecule has 250 valence electrons. The van der Waals surface area contributed by atoms with Gasteiger partial charge in [-0.25, -0.2) is 19.4 Å². The maximum Gasteiger partial charge on any atom is 0.439 e. The highest BCUT2D eigenvalue weighted by molar-refractivity contribution is 6.00. The Hall–Kier alpha value is -6.14. The Morgan fingerprint density at radius 1 is 1.15 bits per heavy atom. The minimum atomic E-state index is -1.40. The predicted molar refractivity (Wildman–Crippen MR) is 171 cm³/mol. The first-order valence-corrected chi connectivity index (χ1v) is 13.6. The molecule has 0 saturated heterocycles. The zero-order chi connectivity index (χ0) is 32.7. The highest BCUT2D eigenvalue weighted by atomic mass is 35.5. The molecule has 2 amide bonds. The molecule has 0 bridgehead atoms. The van der Waals surface area contributed by atoms with Crippen LogP contribution in [0.3, 0.4) is 0 Å². The Labute approximate surface area is 275 Å². The number of carbonyl (C=O) groups is 3. The van der Waals surface area contributed by atoms with Gasteiger partial charge >= 0.3 is 17.5 Å². The summed E-state index contributed by atoms with van der Waals surface area (Å²) >= 11 is 0. The smallest absolute Gasteiger partial charge is 0.439 e. The number of aromatic carboxylic acids is 1. The van der Waals surface area contributed by atoms with Crippen LogP contribution in [0.1, 0.15) is 68.0 Å². The number of nitrogens with one attached hydrogen (secondary N) is 2. The van der Waals surface area contributed by atoms with Gasteiger partial charge in [-0.2, -0.15) is 4.52 Å². The standard InChI is InChI=1S/C17H13N7O6.C11H11N3O2.CH4.ClH/c1-23-9-4-7(2-3-11(9)30-17(23)29)6-19-15(26)8-5-10(16(27)28)24-14(20-8)12(13(18)25)21-22-24;12-9-4-2-6-5-7(1-3-8(6)9)10-13-11(15)16-14-10;;/h2-5H,6H2,1H3,(H2,18,25)(H,19,26)(H,27,28);1,3,5,9H,2,4,12H2,(H,13,14,15);1H4;1H/t;9-;;/m.0../s1. The van der Waals surface area contributed by atoms with E-state index in [-0.39, 0.29) is 49.5 Å². The molecule has 4 aromatic heterocycles. The van der Waals surface area contributed by atoms with Gasteiger partial charge in [0, 0.05) is 31.3 Å². The largest absolute Gasteiger partial charge is 0.477 e. The van der Waals surface area contributed by atoms with Crippen molar-refractivity contribution in [2.24, 2.45) is 18.5 Å². The summed E-state index contributed by atoms with van der Waals surface area (Å²) in [6, 6.07) is 12.0. The summed E-state index contributed by atoms with van der Waals surface area (Å²) in [6.07, 6.45) is 1.96. The molecule has 4 heterocycles. The monoisotopic (exact) mass is 680 g/mol. The van der Waals surface area contributed by atoms with Gasteiger partial charge in [0.1, 0.15) is 5.69 Å². The van der Waals surface area contributed by atoms with Gasteiger partial charge in [-0.3, -0.25) is 23.7 Å². The SMILES string of the molecule is C.Cl.Cn1c(=O)oc2ccc(CNC(=O)c3cc(C(=O)O)n4nnc(C(N)=O)c4n3)cc21.N[C@H]1CCc2cc(-c3noc(=O)[nH]3)ccc21. The number of hydrogen-bond donors (Lipinski definition) is 5. The molecule has 2 aromatic carbocycles. The van der Waals surface area contributed by atoms with Gasteiger partial charge in [-0.05, 0) is 47.7 Å². The fourth-order valence-electron chi connectivity index (χ4n) is 5.01. The van der Waals surface area contributed by atoms with Crippen molar-refractivity contribution >= 4 is 46.9 Å². The molecule has 1 aliphatic rings. The van der Waals surface area contributed by atoms with Crippen LogP contribution in [0, 0.1) is 0 Å². The molecule has 7 rings (SSSR count). The van der Waals surface area contributed by atoms with E-state index in [9.17, 15) is 29.1 Å². The molecule has 7 N–H and O–H groups in total. The second kappa shape index (κ2) is 13.7. The van der Waals surface area contributed by atoms with Crippen LogP contribution < -0.4 is 28.3 Å². The molecular weight excluding hydrogens is 652 g/mol. The molecule has 0 spiro atoms. The number of carboxylic acid groups (broad SMARTS) is 1.